The van der Waals surface area contributed by atoms with E-state index in [1.807, 2.05) is 13.0 Å². The summed E-state index contributed by atoms with van der Waals surface area (Å²) in [5.74, 6) is 0.498. The monoisotopic (exact) mass is 380 g/mol. The van der Waals surface area contributed by atoms with Gasteiger partial charge in [-0.25, -0.2) is 0 Å². The molecular weight excluding hydrogens is 360 g/mol. The normalized spacial score (nSPS) is 10.4. The van der Waals surface area contributed by atoms with E-state index in [2.05, 4.69) is 10.9 Å². The molecule has 140 valence electrons. The molecule has 2 aromatic rings. The van der Waals surface area contributed by atoms with Crippen LogP contribution in [0.15, 0.2) is 34.7 Å². The molecule has 0 fully saturated rings. The molecule has 2 amide bonds. The third kappa shape index (κ3) is 6.09. The number of hydrazine groups is 1. The Hall–Kier alpha value is -2.51. The zero-order valence-corrected chi connectivity index (χ0v) is 15.4. The molecular formula is C18H21ClN2O5. The molecule has 8 heteroatoms. The molecule has 0 saturated carbocycles. The van der Waals surface area contributed by atoms with Crippen molar-refractivity contribution >= 4 is 23.4 Å². The molecule has 0 atom stereocenters. The van der Waals surface area contributed by atoms with E-state index in [-0.39, 0.29) is 24.7 Å². The number of carbonyl (C=O) groups is 2. The van der Waals surface area contributed by atoms with Crippen molar-refractivity contribution in [3.63, 3.8) is 0 Å². The van der Waals surface area contributed by atoms with E-state index >= 15 is 0 Å². The summed E-state index contributed by atoms with van der Waals surface area (Å²) >= 11 is 5.89. The smallest absolute Gasteiger partial charge is 0.305 e. The molecule has 0 spiro atoms. The Morgan fingerprint density at radius 2 is 2.00 bits per heavy atom. The minimum absolute atomic E-state index is 0.0962. The number of methoxy groups -OCH3 is 1. The van der Waals surface area contributed by atoms with Crippen molar-refractivity contribution in [3.8, 4) is 5.75 Å². The van der Waals surface area contributed by atoms with Gasteiger partial charge in [0.25, 0.3) is 0 Å². The van der Waals surface area contributed by atoms with Gasteiger partial charge < -0.3 is 13.9 Å². The Labute approximate surface area is 156 Å². The highest BCUT2D eigenvalue weighted by atomic mass is 35.5. The number of aryl methyl sites for hydroxylation is 1. The number of hydrogen-bond acceptors (Lipinski definition) is 5. The summed E-state index contributed by atoms with van der Waals surface area (Å²) < 4.78 is 15.8. The van der Waals surface area contributed by atoms with E-state index < -0.39 is 5.91 Å². The van der Waals surface area contributed by atoms with E-state index in [1.54, 1.807) is 18.2 Å². The number of nitrogens with one attached hydrogen (secondary N) is 2. The fourth-order valence-electron chi connectivity index (χ4n) is 2.16. The van der Waals surface area contributed by atoms with E-state index in [1.165, 1.54) is 13.2 Å². The van der Waals surface area contributed by atoms with Crippen LogP contribution in [-0.2, 0) is 16.1 Å². The zero-order chi connectivity index (χ0) is 18.9. The summed E-state index contributed by atoms with van der Waals surface area (Å²) in [4.78, 5) is 23.6. The molecule has 0 aliphatic heterocycles. The van der Waals surface area contributed by atoms with Crippen LogP contribution in [0, 0.1) is 6.92 Å². The highest BCUT2D eigenvalue weighted by Crippen LogP contribution is 2.21. The molecule has 0 unspecified atom stereocenters. The summed E-state index contributed by atoms with van der Waals surface area (Å²) in [6.45, 7) is 2.55. The predicted octanol–water partition coefficient (Wildman–Crippen LogP) is 3.01. The minimum atomic E-state index is -0.534. The quantitative estimate of drug-likeness (QED) is 0.542. The van der Waals surface area contributed by atoms with Gasteiger partial charge in [0, 0.05) is 18.6 Å². The van der Waals surface area contributed by atoms with Crippen LogP contribution in [0.4, 0.5) is 0 Å². The molecule has 26 heavy (non-hydrogen) atoms. The Bertz CT molecular complexity index is 760. The number of rotatable bonds is 8. The first kappa shape index (κ1) is 19.8. The molecule has 1 aromatic carbocycles. The van der Waals surface area contributed by atoms with Crippen molar-refractivity contribution < 1.29 is 23.5 Å². The lowest BCUT2D eigenvalue weighted by molar-refractivity contribution is -0.122. The minimum Gasteiger partial charge on any atom is -0.493 e. The van der Waals surface area contributed by atoms with E-state index in [9.17, 15) is 9.59 Å². The van der Waals surface area contributed by atoms with E-state index in [0.717, 1.165) is 11.3 Å². The maximum atomic E-state index is 11.9. The van der Waals surface area contributed by atoms with Crippen molar-refractivity contribution in [1.82, 2.24) is 10.9 Å². The SMILES string of the molecule is COCc1ccc(C(=O)NNC(=O)CCCOc2ccc(Cl)cc2C)o1. The van der Waals surface area contributed by atoms with Crippen molar-refractivity contribution in [2.24, 2.45) is 0 Å². The molecule has 7 nitrogen and oxygen atoms in total. The molecule has 1 aromatic heterocycles. The lowest BCUT2D eigenvalue weighted by Crippen LogP contribution is -2.41. The third-order valence-corrected chi connectivity index (χ3v) is 3.67. The van der Waals surface area contributed by atoms with Gasteiger partial charge >= 0.3 is 5.91 Å². The topological polar surface area (TPSA) is 89.8 Å². The lowest BCUT2D eigenvalue weighted by Gasteiger charge is -2.09. The van der Waals surface area contributed by atoms with Crippen LogP contribution in [0.25, 0.3) is 0 Å². The second-order valence-electron chi connectivity index (χ2n) is 5.56. The van der Waals surface area contributed by atoms with Gasteiger partial charge in [0.2, 0.25) is 5.91 Å². The van der Waals surface area contributed by atoms with E-state index in [0.29, 0.717) is 23.8 Å². The number of furan rings is 1. The van der Waals surface area contributed by atoms with Crippen LogP contribution < -0.4 is 15.6 Å². The summed E-state index contributed by atoms with van der Waals surface area (Å²) in [6.07, 6.45) is 0.711. The summed E-state index contributed by atoms with van der Waals surface area (Å²) in [7, 11) is 1.53. The number of amides is 2. The second kappa shape index (κ2) is 9.84. The largest absolute Gasteiger partial charge is 0.493 e. The number of benzene rings is 1. The Morgan fingerprint density at radius 1 is 1.19 bits per heavy atom. The van der Waals surface area contributed by atoms with Gasteiger partial charge in [0.15, 0.2) is 5.76 Å². The van der Waals surface area contributed by atoms with Crippen molar-refractivity contribution in [1.29, 1.82) is 0 Å². The molecule has 0 radical (unpaired) electrons. The van der Waals surface area contributed by atoms with Crippen LogP contribution in [0.5, 0.6) is 5.75 Å². The van der Waals surface area contributed by atoms with Crippen LogP contribution >= 0.6 is 11.6 Å². The fourth-order valence-corrected chi connectivity index (χ4v) is 2.39. The summed E-state index contributed by atoms with van der Waals surface area (Å²) in [5.41, 5.74) is 5.57. The van der Waals surface area contributed by atoms with Crippen LogP contribution in [0.2, 0.25) is 5.02 Å². The molecule has 1 heterocycles. The molecule has 2 N–H and O–H groups in total. The second-order valence-corrected chi connectivity index (χ2v) is 6.00. The third-order valence-electron chi connectivity index (χ3n) is 3.43. The fraction of sp³-hybridized carbons (Fsp3) is 0.333. The Kier molecular flexibility index (Phi) is 7.50. The van der Waals surface area contributed by atoms with Gasteiger partial charge in [-0.1, -0.05) is 11.6 Å². The number of halogens is 1. The van der Waals surface area contributed by atoms with E-state index in [4.69, 9.17) is 25.5 Å². The van der Waals surface area contributed by atoms with Crippen LogP contribution in [-0.4, -0.2) is 25.5 Å². The van der Waals surface area contributed by atoms with Gasteiger partial charge in [-0.05, 0) is 49.2 Å². The summed E-state index contributed by atoms with van der Waals surface area (Å²) in [5, 5.41) is 0.649. The van der Waals surface area contributed by atoms with Gasteiger partial charge in [0.05, 0.1) is 6.61 Å². The van der Waals surface area contributed by atoms with Gasteiger partial charge in [-0.15, -0.1) is 0 Å². The Morgan fingerprint density at radius 3 is 2.73 bits per heavy atom. The van der Waals surface area contributed by atoms with Gasteiger partial charge in [-0.2, -0.15) is 0 Å². The van der Waals surface area contributed by atoms with Crippen molar-refractivity contribution in [3.05, 3.63) is 52.4 Å². The molecule has 0 aliphatic rings. The summed E-state index contributed by atoms with van der Waals surface area (Å²) in [6, 6.07) is 8.50. The lowest BCUT2D eigenvalue weighted by atomic mass is 10.2. The Balaban J connectivity index is 1.66. The van der Waals surface area contributed by atoms with Gasteiger partial charge in [0.1, 0.15) is 18.1 Å². The van der Waals surface area contributed by atoms with Crippen LogP contribution in [0.3, 0.4) is 0 Å². The van der Waals surface area contributed by atoms with Crippen molar-refractivity contribution in [2.45, 2.75) is 26.4 Å². The molecule has 0 saturated heterocycles. The average Bonchev–Trinajstić information content (AvgIpc) is 3.07. The first-order valence-corrected chi connectivity index (χ1v) is 8.43. The maximum Gasteiger partial charge on any atom is 0.305 e. The highest BCUT2D eigenvalue weighted by Gasteiger charge is 2.12. The first-order chi connectivity index (χ1) is 12.5. The maximum absolute atomic E-state index is 11.9. The number of hydrogen-bond donors (Lipinski definition) is 2. The molecule has 0 bridgehead atoms. The number of ether oxygens (including phenoxy) is 2. The van der Waals surface area contributed by atoms with Gasteiger partial charge in [-0.3, -0.25) is 20.4 Å². The molecule has 0 aliphatic carbocycles. The van der Waals surface area contributed by atoms with Crippen molar-refractivity contribution in [2.75, 3.05) is 13.7 Å². The van der Waals surface area contributed by atoms with Crippen LogP contribution in [0.1, 0.15) is 34.7 Å². The highest BCUT2D eigenvalue weighted by molar-refractivity contribution is 6.30. The first-order valence-electron chi connectivity index (χ1n) is 8.05. The zero-order valence-electron chi connectivity index (χ0n) is 14.6. The molecule has 2 rings (SSSR count). The predicted molar refractivity (Wildman–Crippen MR) is 95.9 cm³/mol. The number of carbonyl (C=O) groups excluding carboxylic acids is 2. The standard InChI is InChI=1S/C18H21ClN2O5/c1-12-10-13(19)5-7-15(12)25-9-3-4-17(22)20-21-18(23)16-8-6-14(26-16)11-24-2/h5-8,10H,3-4,9,11H2,1-2H3,(H,20,22)(H,21,23). The average molecular weight is 381 g/mol.